The van der Waals surface area contributed by atoms with Gasteiger partial charge in [0.05, 0.1) is 44.3 Å². The van der Waals surface area contributed by atoms with Gasteiger partial charge in [0.15, 0.2) is 11.5 Å². The van der Waals surface area contributed by atoms with Crippen LogP contribution in [-0.2, 0) is 25.5 Å². The molecule has 0 bridgehead atoms. The molecule has 0 saturated carbocycles. The van der Waals surface area contributed by atoms with E-state index >= 15 is 0 Å². The Kier molecular flexibility index (Phi) is 9.20. The second kappa shape index (κ2) is 12.6. The summed E-state index contributed by atoms with van der Waals surface area (Å²) in [4.78, 5) is 53.0. The number of hydrogen-bond acceptors (Lipinski definition) is 9. The molecule has 3 amide bonds. The molecule has 2 heterocycles. The number of non-ortho nitro benzene ring substituents is 1. The molecule has 226 valence electrons. The van der Waals surface area contributed by atoms with Gasteiger partial charge < -0.3 is 34.1 Å². The largest absolute Gasteiger partial charge is 0.493 e. The van der Waals surface area contributed by atoms with E-state index in [9.17, 15) is 24.5 Å². The van der Waals surface area contributed by atoms with Crippen molar-refractivity contribution in [2.75, 3.05) is 39.2 Å². The van der Waals surface area contributed by atoms with Crippen molar-refractivity contribution in [3.05, 3.63) is 58.1 Å². The summed E-state index contributed by atoms with van der Waals surface area (Å²) in [6.07, 6.45) is -1.87. The van der Waals surface area contributed by atoms with Crippen molar-refractivity contribution >= 4 is 29.3 Å². The summed E-state index contributed by atoms with van der Waals surface area (Å²) in [5.74, 6) is 0.315. The van der Waals surface area contributed by atoms with Gasteiger partial charge in [0, 0.05) is 30.9 Å². The van der Waals surface area contributed by atoms with E-state index in [1.807, 2.05) is 12.1 Å². The van der Waals surface area contributed by atoms with Crippen LogP contribution in [0.15, 0.2) is 42.5 Å². The van der Waals surface area contributed by atoms with Crippen LogP contribution in [-0.4, -0.2) is 90.3 Å². The summed E-state index contributed by atoms with van der Waals surface area (Å²) in [6, 6.07) is 10.5. The third-order valence-corrected chi connectivity index (χ3v) is 7.01. The molecule has 0 aromatic heterocycles. The fourth-order valence-electron chi connectivity index (χ4n) is 5.03. The van der Waals surface area contributed by atoms with Crippen LogP contribution in [0, 0.1) is 10.1 Å². The standard InChI is InChI=1S/C29H36N4O9/c1-29(2,3)42-28(36)31-16-21-25(17-31)41-24(15-26(34)30-19-7-9-20(10-8-19)33(37)38)27(35)32(21)13-12-18-6-11-22(39-4)23(14-18)40-5/h6-11,14,21,24-25H,12-13,15-17H2,1-5H3,(H,30,34). The second-order valence-electron chi connectivity index (χ2n) is 11.1. The first kappa shape index (κ1) is 30.6. The molecule has 2 fully saturated rings. The van der Waals surface area contributed by atoms with Crippen LogP contribution in [0.5, 0.6) is 11.5 Å². The van der Waals surface area contributed by atoms with E-state index in [-0.39, 0.29) is 31.1 Å². The van der Waals surface area contributed by atoms with Crippen LogP contribution >= 0.6 is 0 Å². The van der Waals surface area contributed by atoms with Gasteiger partial charge >= 0.3 is 6.09 Å². The summed E-state index contributed by atoms with van der Waals surface area (Å²) in [5.41, 5.74) is 0.477. The normalized spacial score (nSPS) is 20.1. The molecule has 2 saturated heterocycles. The molecule has 3 atom stereocenters. The van der Waals surface area contributed by atoms with Gasteiger partial charge in [-0.25, -0.2) is 4.79 Å². The number of likely N-dealkylation sites (tertiary alicyclic amines) is 1. The number of anilines is 1. The van der Waals surface area contributed by atoms with E-state index in [1.54, 1.807) is 46.0 Å². The first-order valence-electron chi connectivity index (χ1n) is 13.6. The van der Waals surface area contributed by atoms with Gasteiger partial charge in [-0.05, 0) is 57.0 Å². The molecule has 2 aromatic rings. The molecule has 13 nitrogen and oxygen atoms in total. The number of carbonyl (C=O) groups is 3. The van der Waals surface area contributed by atoms with Crippen molar-refractivity contribution in [2.24, 2.45) is 0 Å². The molecule has 2 aliphatic heterocycles. The number of nitro groups is 1. The lowest BCUT2D eigenvalue weighted by atomic mass is 10.0. The lowest BCUT2D eigenvalue weighted by molar-refractivity contribution is -0.384. The van der Waals surface area contributed by atoms with Gasteiger partial charge in [0.1, 0.15) is 11.7 Å². The maximum Gasteiger partial charge on any atom is 0.410 e. The van der Waals surface area contributed by atoms with Crippen molar-refractivity contribution in [3.63, 3.8) is 0 Å². The number of amides is 3. The summed E-state index contributed by atoms with van der Waals surface area (Å²) < 4.78 is 22.4. The fraction of sp³-hybridized carbons (Fsp3) is 0.483. The maximum absolute atomic E-state index is 13.7. The summed E-state index contributed by atoms with van der Waals surface area (Å²) in [5, 5.41) is 13.6. The average molecular weight is 585 g/mol. The predicted octanol–water partition coefficient (Wildman–Crippen LogP) is 3.40. The van der Waals surface area contributed by atoms with Crippen LogP contribution in [0.2, 0.25) is 0 Å². The number of morpholine rings is 1. The Bertz CT molecular complexity index is 1330. The van der Waals surface area contributed by atoms with Crippen LogP contribution in [0.3, 0.4) is 0 Å². The minimum absolute atomic E-state index is 0.106. The number of nitrogens with zero attached hydrogens (tertiary/aromatic N) is 3. The van der Waals surface area contributed by atoms with E-state index in [1.165, 1.54) is 29.2 Å². The molecular formula is C29H36N4O9. The van der Waals surface area contributed by atoms with Crippen molar-refractivity contribution < 1.29 is 38.3 Å². The zero-order valence-corrected chi connectivity index (χ0v) is 24.3. The van der Waals surface area contributed by atoms with Crippen molar-refractivity contribution in [1.82, 2.24) is 9.80 Å². The number of nitro benzene ring substituents is 1. The first-order valence-corrected chi connectivity index (χ1v) is 13.6. The Hall–Kier alpha value is -4.39. The molecular weight excluding hydrogens is 548 g/mol. The SMILES string of the molecule is COc1ccc(CCN2C(=O)C(CC(=O)Nc3ccc([N+](=O)[O-])cc3)OC3CN(C(=O)OC(C)(C)C)CC32)cc1OC. The number of carbonyl (C=O) groups excluding carboxylic acids is 3. The monoisotopic (exact) mass is 584 g/mol. The van der Waals surface area contributed by atoms with Crippen LogP contribution in [0.1, 0.15) is 32.8 Å². The van der Waals surface area contributed by atoms with E-state index in [4.69, 9.17) is 18.9 Å². The second-order valence-corrected chi connectivity index (χ2v) is 11.1. The van der Waals surface area contributed by atoms with E-state index in [0.717, 1.165) is 5.56 Å². The Morgan fingerprint density at radius 3 is 2.38 bits per heavy atom. The summed E-state index contributed by atoms with van der Waals surface area (Å²) in [7, 11) is 3.10. The Balaban J connectivity index is 1.50. The summed E-state index contributed by atoms with van der Waals surface area (Å²) >= 11 is 0. The highest BCUT2D eigenvalue weighted by Crippen LogP contribution is 2.31. The van der Waals surface area contributed by atoms with E-state index in [0.29, 0.717) is 30.2 Å². The van der Waals surface area contributed by atoms with Crippen molar-refractivity contribution in [2.45, 2.75) is 57.5 Å². The van der Waals surface area contributed by atoms with Crippen molar-refractivity contribution in [1.29, 1.82) is 0 Å². The number of nitrogens with one attached hydrogen (secondary N) is 1. The predicted molar refractivity (Wildman–Crippen MR) is 152 cm³/mol. The summed E-state index contributed by atoms with van der Waals surface area (Å²) in [6.45, 7) is 6.11. The lowest BCUT2D eigenvalue weighted by Gasteiger charge is -2.40. The zero-order chi connectivity index (χ0) is 30.6. The Labute approximate surface area is 243 Å². The fourth-order valence-corrected chi connectivity index (χ4v) is 5.03. The minimum atomic E-state index is -1.08. The number of benzene rings is 2. The highest BCUT2D eigenvalue weighted by Gasteiger charge is 2.49. The van der Waals surface area contributed by atoms with E-state index < -0.39 is 40.8 Å². The quantitative estimate of drug-likeness (QED) is 0.346. The third-order valence-electron chi connectivity index (χ3n) is 7.01. The van der Waals surface area contributed by atoms with Gasteiger partial charge in [-0.3, -0.25) is 19.7 Å². The lowest BCUT2D eigenvalue weighted by Crippen LogP contribution is -2.59. The van der Waals surface area contributed by atoms with Gasteiger partial charge in [0.25, 0.3) is 11.6 Å². The molecule has 2 aromatic carbocycles. The molecule has 0 spiro atoms. The number of rotatable bonds is 9. The molecule has 3 unspecified atom stereocenters. The molecule has 13 heteroatoms. The van der Waals surface area contributed by atoms with Crippen LogP contribution in [0.25, 0.3) is 0 Å². The zero-order valence-electron chi connectivity index (χ0n) is 24.3. The number of methoxy groups -OCH3 is 2. The third kappa shape index (κ3) is 7.27. The molecule has 2 aliphatic rings. The molecule has 4 rings (SSSR count). The molecule has 0 radical (unpaired) electrons. The van der Waals surface area contributed by atoms with E-state index in [2.05, 4.69) is 5.32 Å². The molecule has 1 N–H and O–H groups in total. The van der Waals surface area contributed by atoms with Crippen molar-refractivity contribution in [3.8, 4) is 11.5 Å². The number of hydrogen-bond donors (Lipinski definition) is 1. The number of fused-ring (bicyclic) bond motifs is 1. The Morgan fingerprint density at radius 2 is 1.76 bits per heavy atom. The highest BCUT2D eigenvalue weighted by molar-refractivity contribution is 5.95. The van der Waals surface area contributed by atoms with Gasteiger partial charge in [-0.2, -0.15) is 0 Å². The van der Waals surface area contributed by atoms with Gasteiger partial charge in [-0.1, -0.05) is 6.07 Å². The molecule has 42 heavy (non-hydrogen) atoms. The maximum atomic E-state index is 13.7. The van der Waals surface area contributed by atoms with Gasteiger partial charge in [0.2, 0.25) is 5.91 Å². The molecule has 0 aliphatic carbocycles. The minimum Gasteiger partial charge on any atom is -0.493 e. The Morgan fingerprint density at radius 1 is 1.07 bits per heavy atom. The first-order chi connectivity index (χ1) is 19.9. The van der Waals surface area contributed by atoms with Crippen LogP contribution < -0.4 is 14.8 Å². The topological polar surface area (TPSA) is 150 Å². The van der Waals surface area contributed by atoms with Crippen LogP contribution in [0.4, 0.5) is 16.2 Å². The van der Waals surface area contributed by atoms with Gasteiger partial charge in [-0.15, -0.1) is 0 Å². The smallest absolute Gasteiger partial charge is 0.410 e. The average Bonchev–Trinajstić information content (AvgIpc) is 3.36. The number of ether oxygens (including phenoxy) is 4. The highest BCUT2D eigenvalue weighted by atomic mass is 16.6.